The summed E-state index contributed by atoms with van der Waals surface area (Å²) in [4.78, 5) is 31.2. The molecule has 5 rings (SSSR count). The zero-order chi connectivity index (χ0) is 21.4. The topological polar surface area (TPSA) is 106 Å². The van der Waals surface area contributed by atoms with E-state index in [2.05, 4.69) is 10.1 Å². The number of nitrogens with zero attached hydrogens (tertiary/aromatic N) is 5. The summed E-state index contributed by atoms with van der Waals surface area (Å²) in [5, 5.41) is 15.2. The highest BCUT2D eigenvalue weighted by Crippen LogP contribution is 2.26. The lowest BCUT2D eigenvalue weighted by molar-refractivity contribution is -0.0332. The molecule has 158 valence electrons. The van der Waals surface area contributed by atoms with Crippen molar-refractivity contribution in [1.29, 1.82) is 0 Å². The Morgan fingerprint density at radius 3 is 2.65 bits per heavy atom. The number of likely N-dealkylation sites (tertiary alicyclic amines) is 1. The van der Waals surface area contributed by atoms with Crippen molar-refractivity contribution in [3.05, 3.63) is 77.3 Å². The molecule has 1 aliphatic rings. The van der Waals surface area contributed by atoms with Gasteiger partial charge < -0.3 is 14.4 Å². The third-order valence-corrected chi connectivity index (χ3v) is 5.70. The molecule has 0 aliphatic carbocycles. The molecule has 1 aliphatic heterocycles. The van der Waals surface area contributed by atoms with Crippen molar-refractivity contribution < 1.29 is 14.3 Å². The van der Waals surface area contributed by atoms with E-state index < -0.39 is 5.60 Å². The first-order chi connectivity index (χ1) is 15.0. The molecule has 0 unspecified atom stereocenters. The quantitative estimate of drug-likeness (QED) is 0.541. The Morgan fingerprint density at radius 2 is 1.87 bits per heavy atom. The van der Waals surface area contributed by atoms with Crippen LogP contribution in [0.3, 0.4) is 0 Å². The van der Waals surface area contributed by atoms with Gasteiger partial charge in [0.2, 0.25) is 11.7 Å². The van der Waals surface area contributed by atoms with Crippen LogP contribution in [0, 0.1) is 0 Å². The van der Waals surface area contributed by atoms with Crippen LogP contribution in [0.25, 0.3) is 17.0 Å². The first-order valence-electron chi connectivity index (χ1n) is 10.1. The Morgan fingerprint density at radius 1 is 1.10 bits per heavy atom. The first-order valence-corrected chi connectivity index (χ1v) is 10.1. The molecule has 3 aromatic heterocycles. The van der Waals surface area contributed by atoms with Crippen LogP contribution in [-0.2, 0) is 6.54 Å². The lowest BCUT2D eigenvalue weighted by Crippen LogP contribution is -2.50. The van der Waals surface area contributed by atoms with E-state index in [4.69, 9.17) is 4.42 Å². The van der Waals surface area contributed by atoms with Crippen molar-refractivity contribution in [3.8, 4) is 11.5 Å². The minimum absolute atomic E-state index is 0.0719. The Bertz CT molecular complexity index is 1280. The summed E-state index contributed by atoms with van der Waals surface area (Å²) in [5.41, 5.74) is 0.0812. The number of hydrogen-bond acceptors (Lipinski definition) is 6. The molecule has 0 spiro atoms. The Labute approximate surface area is 177 Å². The van der Waals surface area contributed by atoms with Crippen LogP contribution in [0.4, 0.5) is 0 Å². The van der Waals surface area contributed by atoms with Gasteiger partial charge in [-0.1, -0.05) is 18.2 Å². The monoisotopic (exact) mass is 419 g/mol. The second-order valence-corrected chi connectivity index (χ2v) is 7.80. The zero-order valence-corrected chi connectivity index (χ0v) is 16.7. The van der Waals surface area contributed by atoms with Gasteiger partial charge in [-0.25, -0.2) is 14.5 Å². The number of carbonyl (C=O) groups excluding carboxylic acids is 1. The van der Waals surface area contributed by atoms with Gasteiger partial charge in [-0.15, -0.1) is 0 Å². The maximum absolute atomic E-state index is 12.8. The average Bonchev–Trinajstić information content (AvgIpc) is 3.47. The van der Waals surface area contributed by atoms with Gasteiger partial charge in [0, 0.05) is 24.8 Å². The SMILES string of the molecule is O=C(c1cnc(-c2ccccc2)o1)N1CCC(O)(Cn2ncc3cccn3c2=O)CC1. The molecule has 4 aromatic rings. The van der Waals surface area contributed by atoms with Gasteiger partial charge in [-0.05, 0) is 37.1 Å². The summed E-state index contributed by atoms with van der Waals surface area (Å²) in [6.07, 6.45) is 5.35. The molecule has 31 heavy (non-hydrogen) atoms. The summed E-state index contributed by atoms with van der Waals surface area (Å²) in [7, 11) is 0. The molecule has 1 aromatic carbocycles. The largest absolute Gasteiger partial charge is 0.431 e. The second-order valence-electron chi connectivity index (χ2n) is 7.80. The average molecular weight is 419 g/mol. The van der Waals surface area contributed by atoms with E-state index in [-0.39, 0.29) is 23.9 Å². The van der Waals surface area contributed by atoms with Crippen molar-refractivity contribution in [2.75, 3.05) is 13.1 Å². The van der Waals surface area contributed by atoms with E-state index in [0.29, 0.717) is 37.3 Å². The molecule has 0 bridgehead atoms. The van der Waals surface area contributed by atoms with E-state index in [1.807, 2.05) is 30.3 Å². The van der Waals surface area contributed by atoms with Gasteiger partial charge in [-0.2, -0.15) is 5.10 Å². The van der Waals surface area contributed by atoms with Crippen LogP contribution in [-0.4, -0.2) is 53.8 Å². The van der Waals surface area contributed by atoms with Crippen LogP contribution >= 0.6 is 0 Å². The summed E-state index contributed by atoms with van der Waals surface area (Å²) in [6.45, 7) is 0.761. The molecular weight excluding hydrogens is 398 g/mol. The Balaban J connectivity index is 1.26. The summed E-state index contributed by atoms with van der Waals surface area (Å²) in [6, 6.07) is 12.9. The van der Waals surface area contributed by atoms with Gasteiger partial charge in [0.15, 0.2) is 0 Å². The van der Waals surface area contributed by atoms with Gasteiger partial charge in [0.1, 0.15) is 0 Å². The highest BCUT2D eigenvalue weighted by atomic mass is 16.4. The number of benzene rings is 1. The van der Waals surface area contributed by atoms with Gasteiger partial charge >= 0.3 is 5.69 Å². The molecule has 4 heterocycles. The molecule has 0 saturated carbocycles. The fourth-order valence-corrected chi connectivity index (χ4v) is 3.89. The number of oxazole rings is 1. The maximum atomic E-state index is 12.8. The normalized spacial score (nSPS) is 16.0. The van der Waals surface area contributed by atoms with E-state index in [1.54, 1.807) is 29.4 Å². The fraction of sp³-hybridized carbons (Fsp3) is 0.273. The number of piperidine rings is 1. The smallest absolute Gasteiger partial charge is 0.349 e. The minimum Gasteiger partial charge on any atom is -0.431 e. The number of carbonyl (C=O) groups is 1. The van der Waals surface area contributed by atoms with Crippen LogP contribution in [0.2, 0.25) is 0 Å². The standard InChI is InChI=1S/C22H21N5O4/c28-20(18-14-23-19(31-18)16-5-2-1-3-6-16)25-11-8-22(30,9-12-25)15-27-21(29)26-10-4-7-17(26)13-24-27/h1-7,10,13-14,30H,8-9,11-12,15H2. The van der Waals surface area contributed by atoms with Crippen molar-refractivity contribution in [2.24, 2.45) is 0 Å². The number of fused-ring (bicyclic) bond motifs is 1. The summed E-state index contributed by atoms with van der Waals surface area (Å²) >= 11 is 0. The van der Waals surface area contributed by atoms with E-state index in [1.165, 1.54) is 15.3 Å². The second kappa shape index (κ2) is 7.51. The van der Waals surface area contributed by atoms with Crippen LogP contribution < -0.4 is 5.69 Å². The van der Waals surface area contributed by atoms with E-state index >= 15 is 0 Å². The molecule has 9 nitrogen and oxygen atoms in total. The molecular formula is C22H21N5O4. The first kappa shape index (κ1) is 19.3. The predicted octanol–water partition coefficient (Wildman–Crippen LogP) is 1.82. The molecule has 1 fully saturated rings. The van der Waals surface area contributed by atoms with Gasteiger partial charge in [-0.3, -0.25) is 9.20 Å². The highest BCUT2D eigenvalue weighted by Gasteiger charge is 2.36. The molecule has 0 atom stereocenters. The number of aliphatic hydroxyl groups is 1. The Kier molecular flexibility index (Phi) is 4.67. The van der Waals surface area contributed by atoms with Crippen LogP contribution in [0.15, 0.2) is 70.3 Å². The number of amides is 1. The Hall–Kier alpha value is -3.72. The molecule has 1 saturated heterocycles. The molecule has 9 heteroatoms. The van der Waals surface area contributed by atoms with Crippen LogP contribution in [0.1, 0.15) is 23.4 Å². The molecule has 1 N–H and O–H groups in total. The van der Waals surface area contributed by atoms with Crippen LogP contribution in [0.5, 0.6) is 0 Å². The third kappa shape index (κ3) is 3.64. The minimum atomic E-state index is -1.12. The van der Waals surface area contributed by atoms with Crippen molar-refractivity contribution in [1.82, 2.24) is 24.1 Å². The summed E-state index contributed by atoms with van der Waals surface area (Å²) in [5.74, 6) is 0.296. The predicted molar refractivity (Wildman–Crippen MR) is 111 cm³/mol. The summed E-state index contributed by atoms with van der Waals surface area (Å²) < 4.78 is 8.42. The van der Waals surface area contributed by atoms with Crippen molar-refractivity contribution >= 4 is 11.4 Å². The van der Waals surface area contributed by atoms with Crippen molar-refractivity contribution in [2.45, 2.75) is 25.0 Å². The number of rotatable bonds is 4. The third-order valence-electron chi connectivity index (χ3n) is 5.70. The maximum Gasteiger partial charge on any atom is 0.349 e. The lowest BCUT2D eigenvalue weighted by atomic mass is 9.91. The molecule has 1 amide bonds. The fourth-order valence-electron chi connectivity index (χ4n) is 3.89. The number of hydrogen-bond donors (Lipinski definition) is 1. The van der Waals surface area contributed by atoms with Gasteiger partial charge in [0.05, 0.1) is 30.1 Å². The lowest BCUT2D eigenvalue weighted by Gasteiger charge is -2.37. The van der Waals surface area contributed by atoms with E-state index in [9.17, 15) is 14.7 Å². The van der Waals surface area contributed by atoms with Crippen molar-refractivity contribution in [3.63, 3.8) is 0 Å². The molecule has 0 radical (unpaired) electrons. The van der Waals surface area contributed by atoms with Gasteiger partial charge in [0.25, 0.3) is 5.91 Å². The zero-order valence-electron chi connectivity index (χ0n) is 16.7. The number of aromatic nitrogens is 4. The van der Waals surface area contributed by atoms with E-state index in [0.717, 1.165) is 5.56 Å². The highest BCUT2D eigenvalue weighted by molar-refractivity contribution is 5.91.